The lowest BCUT2D eigenvalue weighted by molar-refractivity contribution is -0.130. The summed E-state index contributed by atoms with van der Waals surface area (Å²) in [5.41, 5.74) is 1.29. The van der Waals surface area contributed by atoms with Gasteiger partial charge in [-0.3, -0.25) is 9.69 Å². The summed E-state index contributed by atoms with van der Waals surface area (Å²) in [6, 6.07) is 7.59. The van der Waals surface area contributed by atoms with E-state index in [4.69, 9.17) is 4.74 Å². The number of amides is 1. The molecule has 132 valence electrons. The van der Waals surface area contributed by atoms with E-state index in [0.717, 1.165) is 12.0 Å². The number of ether oxygens (including phenoxy) is 1. The van der Waals surface area contributed by atoms with Gasteiger partial charge in [0, 0.05) is 12.1 Å². The molecule has 0 aliphatic carbocycles. The number of aryl methyl sites for hydroxylation is 1. The predicted octanol–water partition coefficient (Wildman–Crippen LogP) is 1.87. The summed E-state index contributed by atoms with van der Waals surface area (Å²) in [5, 5.41) is 12.9. The van der Waals surface area contributed by atoms with E-state index in [1.54, 1.807) is 0 Å². The van der Waals surface area contributed by atoms with Crippen molar-refractivity contribution in [2.45, 2.75) is 50.7 Å². The second kappa shape index (κ2) is 7.53. The van der Waals surface area contributed by atoms with Crippen molar-refractivity contribution in [2.24, 2.45) is 0 Å². The number of aliphatic hydroxyl groups is 1. The average Bonchev–Trinajstić information content (AvgIpc) is 3.13. The highest BCUT2D eigenvalue weighted by molar-refractivity contribution is 5.80. The van der Waals surface area contributed by atoms with E-state index >= 15 is 0 Å². The van der Waals surface area contributed by atoms with Crippen molar-refractivity contribution in [3.8, 4) is 5.75 Å². The smallest absolute Gasteiger partial charge is 0.252 e. The summed E-state index contributed by atoms with van der Waals surface area (Å²) in [5.74, 6) is 0.360. The molecule has 5 heteroatoms. The van der Waals surface area contributed by atoms with Gasteiger partial charge in [-0.25, -0.2) is 0 Å². The molecule has 5 nitrogen and oxygen atoms in total. The Morgan fingerprint density at radius 2 is 2.04 bits per heavy atom. The number of rotatable bonds is 7. The minimum absolute atomic E-state index is 0.0199. The average molecular weight is 332 g/mol. The fraction of sp³-hybridized carbons (Fsp3) is 0.632. The van der Waals surface area contributed by atoms with Crippen LogP contribution in [0.5, 0.6) is 5.75 Å². The lowest BCUT2D eigenvalue weighted by atomic mass is 9.90. The molecule has 1 amide bonds. The number of hydrogen-bond acceptors (Lipinski definition) is 4. The van der Waals surface area contributed by atoms with Gasteiger partial charge in [-0.15, -0.1) is 0 Å². The number of nitrogens with one attached hydrogen (secondary N) is 1. The van der Waals surface area contributed by atoms with Crippen molar-refractivity contribution in [3.05, 3.63) is 29.8 Å². The molecular formula is C19H28N2O3. The number of hydrogen-bond donors (Lipinski definition) is 2. The largest absolute Gasteiger partial charge is 0.490 e. The molecule has 0 spiro atoms. The lowest BCUT2D eigenvalue weighted by Crippen LogP contribution is -2.44. The molecular weight excluding hydrogens is 304 g/mol. The third-order valence-corrected chi connectivity index (χ3v) is 5.49. The van der Waals surface area contributed by atoms with Gasteiger partial charge in [0.25, 0.3) is 5.91 Å². The maximum atomic E-state index is 12.1. The first kappa shape index (κ1) is 17.2. The van der Waals surface area contributed by atoms with Crippen LogP contribution < -0.4 is 10.1 Å². The third-order valence-electron chi connectivity index (χ3n) is 5.49. The Hall–Kier alpha value is -1.59. The zero-order chi connectivity index (χ0) is 17.0. The van der Waals surface area contributed by atoms with E-state index in [1.807, 2.05) is 31.2 Å². The van der Waals surface area contributed by atoms with Gasteiger partial charge in [0.15, 0.2) is 6.10 Å². The highest BCUT2D eigenvalue weighted by Gasteiger charge is 2.43. The van der Waals surface area contributed by atoms with Crippen LogP contribution in [0.3, 0.4) is 0 Å². The van der Waals surface area contributed by atoms with Gasteiger partial charge in [-0.2, -0.15) is 0 Å². The number of nitrogens with zero attached hydrogens (tertiary/aromatic N) is 1. The normalized spacial score (nSPS) is 20.6. The molecule has 1 atom stereocenters. The van der Waals surface area contributed by atoms with E-state index in [9.17, 15) is 9.90 Å². The Morgan fingerprint density at radius 1 is 1.33 bits per heavy atom. The Labute approximate surface area is 144 Å². The molecule has 1 aromatic carbocycles. The maximum absolute atomic E-state index is 12.1. The summed E-state index contributed by atoms with van der Waals surface area (Å²) >= 11 is 0. The van der Waals surface area contributed by atoms with Gasteiger partial charge in [0.1, 0.15) is 12.4 Å². The first-order valence-corrected chi connectivity index (χ1v) is 9.00. The predicted molar refractivity (Wildman–Crippen MR) is 93.1 cm³/mol. The molecule has 0 saturated carbocycles. The van der Waals surface area contributed by atoms with Crippen molar-refractivity contribution < 1.29 is 14.6 Å². The van der Waals surface area contributed by atoms with Crippen molar-refractivity contribution >= 4 is 5.91 Å². The summed E-state index contributed by atoms with van der Waals surface area (Å²) in [4.78, 5) is 14.6. The molecule has 2 saturated heterocycles. The van der Waals surface area contributed by atoms with Gasteiger partial charge in [0.2, 0.25) is 0 Å². The molecule has 0 aromatic heterocycles. The Morgan fingerprint density at radius 3 is 2.75 bits per heavy atom. The summed E-state index contributed by atoms with van der Waals surface area (Å²) in [6.07, 6.45) is 4.85. The van der Waals surface area contributed by atoms with Crippen LogP contribution in [0.25, 0.3) is 0 Å². The summed E-state index contributed by atoms with van der Waals surface area (Å²) < 4.78 is 5.55. The fourth-order valence-electron chi connectivity index (χ4n) is 4.13. The zero-order valence-electron chi connectivity index (χ0n) is 14.5. The maximum Gasteiger partial charge on any atom is 0.252 e. The second-order valence-corrected chi connectivity index (χ2v) is 7.05. The zero-order valence-corrected chi connectivity index (χ0v) is 14.5. The highest BCUT2D eigenvalue weighted by Crippen LogP contribution is 2.40. The van der Waals surface area contributed by atoms with Crippen LogP contribution in [0, 0.1) is 6.92 Å². The van der Waals surface area contributed by atoms with E-state index in [0.29, 0.717) is 17.8 Å². The van der Waals surface area contributed by atoms with Crippen LogP contribution in [0.2, 0.25) is 0 Å². The van der Waals surface area contributed by atoms with Crippen molar-refractivity contribution in [2.75, 3.05) is 26.2 Å². The topological polar surface area (TPSA) is 61.8 Å². The minimum Gasteiger partial charge on any atom is -0.490 e. The number of aliphatic hydroxyl groups excluding tert-OH is 1. The van der Waals surface area contributed by atoms with Gasteiger partial charge in [-0.05, 0) is 63.7 Å². The van der Waals surface area contributed by atoms with E-state index < -0.39 is 6.10 Å². The van der Waals surface area contributed by atoms with Crippen LogP contribution >= 0.6 is 0 Å². The minimum atomic E-state index is -1.13. The molecule has 1 aromatic rings. The summed E-state index contributed by atoms with van der Waals surface area (Å²) in [6.45, 7) is 4.93. The van der Waals surface area contributed by atoms with Crippen LogP contribution in [0.4, 0.5) is 0 Å². The number of carbonyl (C=O) groups excluding carboxylic acids is 1. The Bertz CT molecular complexity index is 565. The highest BCUT2D eigenvalue weighted by atomic mass is 16.5. The van der Waals surface area contributed by atoms with Crippen molar-refractivity contribution in [3.63, 3.8) is 0 Å². The SMILES string of the molecule is Cc1ccccc1OC[C@H](O)C(=O)NCCC12CCCN1CCC2. The number of para-hydroxylation sites is 1. The Balaban J connectivity index is 1.41. The molecule has 2 aliphatic rings. The standard InChI is InChI=1S/C19H28N2O3/c1-15-6-2-3-7-17(15)24-14-16(22)18(23)20-11-10-19-8-4-12-21(19)13-5-9-19/h2-3,6-7,16,22H,4-5,8-14H2,1H3,(H,20,23)/t16-/m0/s1. The van der Waals surface area contributed by atoms with Crippen LogP contribution in [-0.4, -0.2) is 53.8 Å². The molecule has 2 N–H and O–H groups in total. The molecule has 0 radical (unpaired) electrons. The Kier molecular flexibility index (Phi) is 5.41. The molecule has 0 unspecified atom stereocenters. The van der Waals surface area contributed by atoms with Gasteiger partial charge in [0.05, 0.1) is 0 Å². The quantitative estimate of drug-likeness (QED) is 0.800. The number of fused-ring (bicyclic) bond motifs is 1. The molecule has 24 heavy (non-hydrogen) atoms. The first-order chi connectivity index (χ1) is 11.6. The lowest BCUT2D eigenvalue weighted by Gasteiger charge is -2.32. The van der Waals surface area contributed by atoms with E-state index in [2.05, 4.69) is 10.2 Å². The monoisotopic (exact) mass is 332 g/mol. The number of carbonyl (C=O) groups is 1. The van der Waals surface area contributed by atoms with Gasteiger partial charge >= 0.3 is 0 Å². The second-order valence-electron chi connectivity index (χ2n) is 7.05. The molecule has 3 rings (SSSR count). The van der Waals surface area contributed by atoms with Gasteiger partial charge < -0.3 is 15.2 Å². The van der Waals surface area contributed by atoms with Crippen LogP contribution in [-0.2, 0) is 4.79 Å². The van der Waals surface area contributed by atoms with E-state index in [-0.39, 0.29) is 12.5 Å². The molecule has 2 aliphatic heterocycles. The fourth-order valence-corrected chi connectivity index (χ4v) is 4.13. The number of benzene rings is 1. The molecule has 0 bridgehead atoms. The summed E-state index contributed by atoms with van der Waals surface area (Å²) in [7, 11) is 0. The van der Waals surface area contributed by atoms with Gasteiger partial charge in [-0.1, -0.05) is 18.2 Å². The van der Waals surface area contributed by atoms with Crippen LogP contribution in [0.1, 0.15) is 37.7 Å². The first-order valence-electron chi connectivity index (χ1n) is 9.00. The molecule has 2 heterocycles. The van der Waals surface area contributed by atoms with Crippen LogP contribution in [0.15, 0.2) is 24.3 Å². The molecule has 2 fully saturated rings. The van der Waals surface area contributed by atoms with E-state index in [1.165, 1.54) is 38.8 Å². The van der Waals surface area contributed by atoms with Crippen molar-refractivity contribution in [1.29, 1.82) is 0 Å². The van der Waals surface area contributed by atoms with Crippen molar-refractivity contribution in [1.82, 2.24) is 10.2 Å². The third kappa shape index (κ3) is 3.73.